The van der Waals surface area contributed by atoms with E-state index in [1.165, 1.54) is 55.2 Å². The molecule has 0 saturated heterocycles. The molecule has 1 unspecified atom stereocenters. The Balaban J connectivity index is 1.46. The minimum absolute atomic E-state index is 0.0745. The maximum atomic E-state index is 12.3. The van der Waals surface area contributed by atoms with Crippen LogP contribution in [-0.4, -0.2) is 35.0 Å². The molecule has 8 heteroatoms. The highest BCUT2D eigenvalue weighted by Crippen LogP contribution is 2.31. The molecule has 1 saturated carbocycles. The van der Waals surface area contributed by atoms with Crippen molar-refractivity contribution in [2.24, 2.45) is 5.92 Å². The van der Waals surface area contributed by atoms with E-state index < -0.39 is 0 Å². The Morgan fingerprint density at radius 2 is 2.00 bits per heavy atom. The van der Waals surface area contributed by atoms with Crippen molar-refractivity contribution in [1.29, 1.82) is 0 Å². The van der Waals surface area contributed by atoms with Gasteiger partial charge < -0.3 is 15.4 Å². The first-order valence-electron chi connectivity index (χ1n) is 9.33. The zero-order chi connectivity index (χ0) is 19.1. The zero-order valence-electron chi connectivity index (χ0n) is 15.7. The van der Waals surface area contributed by atoms with E-state index in [-0.39, 0.29) is 11.2 Å². The van der Waals surface area contributed by atoms with Crippen LogP contribution in [0.4, 0.5) is 10.8 Å². The van der Waals surface area contributed by atoms with Crippen LogP contribution in [0.3, 0.4) is 0 Å². The molecule has 2 aromatic rings. The van der Waals surface area contributed by atoms with E-state index >= 15 is 0 Å². The summed E-state index contributed by atoms with van der Waals surface area (Å²) in [5.74, 6) is 1.52. The molecule has 0 bridgehead atoms. The molecule has 0 spiro atoms. The van der Waals surface area contributed by atoms with E-state index in [9.17, 15) is 4.79 Å². The lowest BCUT2D eigenvalue weighted by molar-refractivity contribution is -0.120. The van der Waals surface area contributed by atoms with Crippen molar-refractivity contribution < 1.29 is 9.53 Å². The maximum absolute atomic E-state index is 12.3. The Hall–Kier alpha value is -1.80. The normalized spacial score (nSPS) is 15.9. The fraction of sp³-hybridized carbons (Fsp3) is 0.526. The zero-order valence-corrected chi connectivity index (χ0v) is 17.4. The summed E-state index contributed by atoms with van der Waals surface area (Å²) in [7, 11) is 1.64. The molecule has 1 aromatic heterocycles. The number of thioether (sulfide) groups is 1. The quantitative estimate of drug-likeness (QED) is 0.630. The van der Waals surface area contributed by atoms with Crippen molar-refractivity contribution in [1.82, 2.24) is 15.5 Å². The van der Waals surface area contributed by atoms with Crippen LogP contribution in [0.25, 0.3) is 0 Å². The highest BCUT2D eigenvalue weighted by atomic mass is 32.2. The van der Waals surface area contributed by atoms with E-state index in [0.29, 0.717) is 11.0 Å². The number of nitrogens with zero attached hydrogens (tertiary/aromatic N) is 2. The standard InChI is InChI=1S/C19H26N4O2S2/c1-13(17(24)20-12-14-6-4-3-5-7-14)26-19-23-22-18(27-19)21-15-8-10-16(25-2)11-9-15/h8-11,13-14H,3-7,12H2,1-2H3,(H,20,24)(H,21,22). The Morgan fingerprint density at radius 1 is 1.26 bits per heavy atom. The molecule has 0 radical (unpaired) electrons. The smallest absolute Gasteiger partial charge is 0.233 e. The molecule has 1 atom stereocenters. The average Bonchev–Trinajstić information content (AvgIpc) is 3.14. The lowest BCUT2D eigenvalue weighted by Gasteiger charge is -2.22. The summed E-state index contributed by atoms with van der Waals surface area (Å²) in [5, 5.41) is 15.2. The number of methoxy groups -OCH3 is 1. The van der Waals surface area contributed by atoms with Crippen LogP contribution < -0.4 is 15.4 Å². The third-order valence-corrected chi connectivity index (χ3v) is 6.71. The molecule has 1 heterocycles. The first-order valence-corrected chi connectivity index (χ1v) is 11.0. The molecule has 1 fully saturated rings. The van der Waals surface area contributed by atoms with Crippen molar-refractivity contribution >= 4 is 39.8 Å². The summed E-state index contributed by atoms with van der Waals surface area (Å²) in [6, 6.07) is 7.62. The number of nitrogens with one attached hydrogen (secondary N) is 2. The number of hydrogen-bond donors (Lipinski definition) is 2. The molecule has 146 valence electrons. The molecule has 1 aliphatic rings. The second-order valence-corrected chi connectivity index (χ2v) is 9.30. The fourth-order valence-corrected chi connectivity index (χ4v) is 5.03. The van der Waals surface area contributed by atoms with Gasteiger partial charge in [0.05, 0.1) is 12.4 Å². The summed E-state index contributed by atoms with van der Waals surface area (Å²) < 4.78 is 5.94. The predicted molar refractivity (Wildman–Crippen MR) is 111 cm³/mol. The number of carbonyl (C=O) groups is 1. The maximum Gasteiger partial charge on any atom is 0.233 e. The average molecular weight is 407 g/mol. The van der Waals surface area contributed by atoms with E-state index in [4.69, 9.17) is 4.74 Å². The molecule has 6 nitrogen and oxygen atoms in total. The van der Waals surface area contributed by atoms with Crippen molar-refractivity contribution in [3.05, 3.63) is 24.3 Å². The first-order chi connectivity index (χ1) is 13.1. The van der Waals surface area contributed by atoms with Gasteiger partial charge in [-0.2, -0.15) is 0 Å². The number of rotatable bonds is 8. The van der Waals surface area contributed by atoms with E-state index in [1.807, 2.05) is 31.2 Å². The number of ether oxygens (including phenoxy) is 1. The van der Waals surface area contributed by atoms with Gasteiger partial charge in [-0.25, -0.2) is 0 Å². The van der Waals surface area contributed by atoms with Crippen molar-refractivity contribution in [3.8, 4) is 5.75 Å². The molecular weight excluding hydrogens is 380 g/mol. The van der Waals surface area contributed by atoms with E-state index in [2.05, 4.69) is 20.8 Å². The first kappa shape index (κ1) is 19.9. The van der Waals surface area contributed by atoms with Crippen molar-refractivity contribution in [2.45, 2.75) is 48.6 Å². The topological polar surface area (TPSA) is 76.1 Å². The highest BCUT2D eigenvalue weighted by Gasteiger charge is 2.19. The van der Waals surface area contributed by atoms with Gasteiger partial charge in [0.15, 0.2) is 4.34 Å². The molecule has 1 amide bonds. The molecule has 0 aliphatic heterocycles. The van der Waals surface area contributed by atoms with Gasteiger partial charge in [0.25, 0.3) is 0 Å². The van der Waals surface area contributed by atoms with Crippen molar-refractivity contribution in [2.75, 3.05) is 19.0 Å². The largest absolute Gasteiger partial charge is 0.497 e. The lowest BCUT2D eigenvalue weighted by Crippen LogP contribution is -2.35. The number of anilines is 2. The summed E-state index contributed by atoms with van der Waals surface area (Å²) in [4.78, 5) is 12.3. The van der Waals surface area contributed by atoms with Gasteiger partial charge in [0.2, 0.25) is 11.0 Å². The van der Waals surface area contributed by atoms with Gasteiger partial charge in [0.1, 0.15) is 5.75 Å². The molecule has 2 N–H and O–H groups in total. The Labute approximate surface area is 168 Å². The SMILES string of the molecule is COc1ccc(Nc2nnc(SC(C)C(=O)NCC3CCCCC3)s2)cc1. The van der Waals surface area contributed by atoms with Crippen LogP contribution in [-0.2, 0) is 4.79 Å². The van der Waals surface area contributed by atoms with Gasteiger partial charge in [-0.15, -0.1) is 10.2 Å². The summed E-state index contributed by atoms with van der Waals surface area (Å²) in [5.41, 5.74) is 0.918. The molecule has 1 aliphatic carbocycles. The van der Waals surface area contributed by atoms with Crippen LogP contribution in [0.15, 0.2) is 28.6 Å². The van der Waals surface area contributed by atoms with Crippen LogP contribution in [0.1, 0.15) is 39.0 Å². The minimum atomic E-state index is -0.185. The Bertz CT molecular complexity index is 730. The van der Waals surface area contributed by atoms with Crippen LogP contribution in [0, 0.1) is 5.92 Å². The Kier molecular flexibility index (Phi) is 7.34. The number of carbonyl (C=O) groups excluding carboxylic acids is 1. The highest BCUT2D eigenvalue weighted by molar-refractivity contribution is 8.02. The van der Waals surface area contributed by atoms with Gasteiger partial charge in [-0.05, 0) is 49.9 Å². The third kappa shape index (κ3) is 6.10. The minimum Gasteiger partial charge on any atom is -0.497 e. The summed E-state index contributed by atoms with van der Waals surface area (Å²) >= 11 is 2.90. The predicted octanol–water partition coefficient (Wildman–Crippen LogP) is 4.47. The molecule has 3 rings (SSSR count). The Morgan fingerprint density at radius 3 is 2.70 bits per heavy atom. The second-order valence-electron chi connectivity index (χ2n) is 6.74. The third-order valence-electron chi connectivity index (χ3n) is 4.68. The van der Waals surface area contributed by atoms with Gasteiger partial charge in [0, 0.05) is 12.2 Å². The number of hydrogen-bond acceptors (Lipinski definition) is 7. The number of benzene rings is 1. The number of aromatic nitrogens is 2. The summed E-state index contributed by atoms with van der Waals surface area (Å²) in [6.45, 7) is 2.71. The van der Waals surface area contributed by atoms with Crippen LogP contribution in [0.2, 0.25) is 0 Å². The number of amides is 1. The van der Waals surface area contributed by atoms with Crippen molar-refractivity contribution in [3.63, 3.8) is 0 Å². The molecule has 1 aromatic carbocycles. The van der Waals surface area contributed by atoms with Gasteiger partial charge in [-0.1, -0.05) is 42.4 Å². The van der Waals surface area contributed by atoms with Gasteiger partial charge >= 0.3 is 0 Å². The second kappa shape index (κ2) is 9.94. The van der Waals surface area contributed by atoms with Crippen LogP contribution in [0.5, 0.6) is 5.75 Å². The van der Waals surface area contributed by atoms with E-state index in [0.717, 1.165) is 22.3 Å². The van der Waals surface area contributed by atoms with E-state index in [1.54, 1.807) is 7.11 Å². The van der Waals surface area contributed by atoms with Gasteiger partial charge in [-0.3, -0.25) is 4.79 Å². The molecular formula is C19H26N4O2S2. The molecule has 27 heavy (non-hydrogen) atoms. The summed E-state index contributed by atoms with van der Waals surface area (Å²) in [6.07, 6.45) is 6.39. The fourth-order valence-electron chi connectivity index (χ4n) is 3.09. The van der Waals surface area contributed by atoms with Crippen LogP contribution >= 0.6 is 23.1 Å². The lowest BCUT2D eigenvalue weighted by atomic mass is 9.89. The monoisotopic (exact) mass is 406 g/mol.